The molecule has 1 amide bonds. The SMILES string of the molecule is COc1cc(CC(=O)NCC(N)C2CC2)ccc1C. The Balaban J connectivity index is 1.84. The lowest BCUT2D eigenvalue weighted by atomic mass is 10.1. The maximum absolute atomic E-state index is 11.8. The molecule has 1 fully saturated rings. The van der Waals surface area contributed by atoms with Gasteiger partial charge in [-0.2, -0.15) is 0 Å². The molecule has 1 saturated carbocycles. The number of methoxy groups -OCH3 is 1. The second-order valence-electron chi connectivity index (χ2n) is 5.29. The number of hydrogen-bond acceptors (Lipinski definition) is 3. The van der Waals surface area contributed by atoms with Gasteiger partial charge in [-0.3, -0.25) is 4.79 Å². The van der Waals surface area contributed by atoms with Crippen molar-refractivity contribution in [2.24, 2.45) is 11.7 Å². The minimum atomic E-state index is 0.0157. The van der Waals surface area contributed by atoms with Gasteiger partial charge in [0.2, 0.25) is 5.91 Å². The van der Waals surface area contributed by atoms with Crippen LogP contribution in [0.2, 0.25) is 0 Å². The van der Waals surface area contributed by atoms with Crippen molar-refractivity contribution in [3.05, 3.63) is 29.3 Å². The maximum atomic E-state index is 11.8. The minimum absolute atomic E-state index is 0.0157. The summed E-state index contributed by atoms with van der Waals surface area (Å²) in [5.74, 6) is 1.45. The zero-order chi connectivity index (χ0) is 13.8. The molecule has 4 heteroatoms. The average Bonchev–Trinajstić information content (AvgIpc) is 3.22. The molecule has 1 unspecified atom stereocenters. The van der Waals surface area contributed by atoms with E-state index in [0.717, 1.165) is 16.9 Å². The molecule has 104 valence electrons. The Bertz CT molecular complexity index is 455. The molecule has 1 aromatic rings. The van der Waals surface area contributed by atoms with Crippen molar-refractivity contribution in [1.82, 2.24) is 5.32 Å². The van der Waals surface area contributed by atoms with Crippen LogP contribution < -0.4 is 15.8 Å². The monoisotopic (exact) mass is 262 g/mol. The van der Waals surface area contributed by atoms with Gasteiger partial charge < -0.3 is 15.8 Å². The number of ether oxygens (including phenoxy) is 1. The first kappa shape index (κ1) is 13.9. The first-order chi connectivity index (χ1) is 9.10. The molecule has 0 radical (unpaired) electrons. The number of hydrogen-bond donors (Lipinski definition) is 2. The lowest BCUT2D eigenvalue weighted by molar-refractivity contribution is -0.120. The number of benzene rings is 1. The predicted octanol–water partition coefficient (Wildman–Crippen LogP) is 1.40. The van der Waals surface area contributed by atoms with Crippen molar-refractivity contribution in [3.63, 3.8) is 0 Å². The first-order valence-corrected chi connectivity index (χ1v) is 6.76. The van der Waals surface area contributed by atoms with E-state index < -0.39 is 0 Å². The average molecular weight is 262 g/mol. The topological polar surface area (TPSA) is 64.3 Å². The molecule has 0 bridgehead atoms. The summed E-state index contributed by atoms with van der Waals surface area (Å²) in [5.41, 5.74) is 7.98. The molecule has 0 aromatic heterocycles. The number of nitrogens with two attached hydrogens (primary N) is 1. The highest BCUT2D eigenvalue weighted by molar-refractivity contribution is 5.78. The van der Waals surface area contributed by atoms with E-state index in [0.29, 0.717) is 18.9 Å². The van der Waals surface area contributed by atoms with Gasteiger partial charge in [0.05, 0.1) is 13.5 Å². The molecule has 0 heterocycles. The van der Waals surface area contributed by atoms with Gasteiger partial charge in [0.25, 0.3) is 0 Å². The van der Waals surface area contributed by atoms with E-state index in [1.165, 1.54) is 12.8 Å². The highest BCUT2D eigenvalue weighted by Crippen LogP contribution is 2.31. The summed E-state index contributed by atoms with van der Waals surface area (Å²) in [4.78, 5) is 11.8. The van der Waals surface area contributed by atoms with Gasteiger partial charge >= 0.3 is 0 Å². The summed E-state index contributed by atoms with van der Waals surface area (Å²) in [6.07, 6.45) is 2.77. The molecule has 1 aliphatic carbocycles. The predicted molar refractivity (Wildman–Crippen MR) is 75.1 cm³/mol. The van der Waals surface area contributed by atoms with Crippen LogP contribution in [0, 0.1) is 12.8 Å². The molecule has 19 heavy (non-hydrogen) atoms. The number of rotatable bonds is 6. The molecule has 2 rings (SSSR count). The van der Waals surface area contributed by atoms with Crippen molar-refractivity contribution in [3.8, 4) is 5.75 Å². The number of carbonyl (C=O) groups is 1. The fourth-order valence-electron chi connectivity index (χ4n) is 2.15. The summed E-state index contributed by atoms with van der Waals surface area (Å²) in [6.45, 7) is 2.56. The zero-order valence-electron chi connectivity index (χ0n) is 11.6. The largest absolute Gasteiger partial charge is 0.496 e. The van der Waals surface area contributed by atoms with Crippen LogP contribution in [0.25, 0.3) is 0 Å². The lowest BCUT2D eigenvalue weighted by Crippen LogP contribution is -2.39. The van der Waals surface area contributed by atoms with Crippen LogP contribution in [-0.4, -0.2) is 25.6 Å². The highest BCUT2D eigenvalue weighted by atomic mass is 16.5. The van der Waals surface area contributed by atoms with Crippen LogP contribution in [0.4, 0.5) is 0 Å². The second-order valence-corrected chi connectivity index (χ2v) is 5.29. The van der Waals surface area contributed by atoms with Crippen LogP contribution in [-0.2, 0) is 11.2 Å². The van der Waals surface area contributed by atoms with E-state index in [9.17, 15) is 4.79 Å². The molecule has 1 atom stereocenters. The fraction of sp³-hybridized carbons (Fsp3) is 0.533. The number of nitrogens with one attached hydrogen (secondary N) is 1. The normalized spacial score (nSPS) is 15.9. The lowest BCUT2D eigenvalue weighted by Gasteiger charge is -2.12. The molecular weight excluding hydrogens is 240 g/mol. The standard InChI is InChI=1S/C15H22N2O2/c1-10-3-4-11(7-14(10)19-2)8-15(18)17-9-13(16)12-5-6-12/h3-4,7,12-13H,5-6,8-9,16H2,1-2H3,(H,17,18). The second kappa shape index (κ2) is 6.06. The third kappa shape index (κ3) is 3.96. The Morgan fingerprint density at radius 2 is 2.26 bits per heavy atom. The number of amides is 1. The summed E-state index contributed by atoms with van der Waals surface area (Å²) in [5, 5.41) is 2.90. The highest BCUT2D eigenvalue weighted by Gasteiger charge is 2.28. The van der Waals surface area contributed by atoms with Gasteiger partial charge in [-0.05, 0) is 42.9 Å². The van der Waals surface area contributed by atoms with Crippen molar-refractivity contribution < 1.29 is 9.53 Å². The number of carbonyl (C=O) groups excluding carboxylic acids is 1. The van der Waals surface area contributed by atoms with Crippen LogP contribution >= 0.6 is 0 Å². The van der Waals surface area contributed by atoms with Crippen LogP contribution in [0.1, 0.15) is 24.0 Å². The Morgan fingerprint density at radius 3 is 2.89 bits per heavy atom. The summed E-state index contributed by atoms with van der Waals surface area (Å²) < 4.78 is 5.25. The van der Waals surface area contributed by atoms with E-state index >= 15 is 0 Å². The summed E-state index contributed by atoms with van der Waals surface area (Å²) >= 11 is 0. The van der Waals surface area contributed by atoms with Gasteiger partial charge in [-0.1, -0.05) is 12.1 Å². The van der Waals surface area contributed by atoms with Gasteiger partial charge in [-0.15, -0.1) is 0 Å². The Hall–Kier alpha value is -1.55. The first-order valence-electron chi connectivity index (χ1n) is 6.76. The molecular formula is C15H22N2O2. The van der Waals surface area contributed by atoms with E-state index in [-0.39, 0.29) is 11.9 Å². The molecule has 0 spiro atoms. The van der Waals surface area contributed by atoms with Crippen LogP contribution in [0.3, 0.4) is 0 Å². The van der Waals surface area contributed by atoms with Crippen molar-refractivity contribution in [2.45, 2.75) is 32.2 Å². The third-order valence-electron chi connectivity index (χ3n) is 3.60. The quantitative estimate of drug-likeness (QED) is 0.814. The summed E-state index contributed by atoms with van der Waals surface area (Å²) in [6, 6.07) is 5.95. The Labute approximate surface area is 114 Å². The molecule has 1 aromatic carbocycles. The molecule has 3 N–H and O–H groups in total. The van der Waals surface area contributed by atoms with Crippen molar-refractivity contribution in [2.75, 3.05) is 13.7 Å². The van der Waals surface area contributed by atoms with E-state index in [2.05, 4.69) is 5.32 Å². The van der Waals surface area contributed by atoms with E-state index in [1.807, 2.05) is 25.1 Å². The minimum Gasteiger partial charge on any atom is -0.496 e. The number of aryl methyl sites for hydroxylation is 1. The van der Waals surface area contributed by atoms with Crippen molar-refractivity contribution in [1.29, 1.82) is 0 Å². The van der Waals surface area contributed by atoms with E-state index in [4.69, 9.17) is 10.5 Å². The van der Waals surface area contributed by atoms with Gasteiger partial charge in [0, 0.05) is 12.6 Å². The zero-order valence-corrected chi connectivity index (χ0v) is 11.6. The van der Waals surface area contributed by atoms with Gasteiger partial charge in [0.1, 0.15) is 5.75 Å². The Kier molecular flexibility index (Phi) is 4.43. The fourth-order valence-corrected chi connectivity index (χ4v) is 2.15. The Morgan fingerprint density at radius 1 is 1.53 bits per heavy atom. The molecule has 0 saturated heterocycles. The van der Waals surface area contributed by atoms with Gasteiger partial charge in [0.15, 0.2) is 0 Å². The van der Waals surface area contributed by atoms with Gasteiger partial charge in [-0.25, -0.2) is 0 Å². The molecule has 4 nitrogen and oxygen atoms in total. The van der Waals surface area contributed by atoms with Crippen molar-refractivity contribution >= 4 is 5.91 Å². The maximum Gasteiger partial charge on any atom is 0.224 e. The van der Waals surface area contributed by atoms with Crippen LogP contribution in [0.15, 0.2) is 18.2 Å². The smallest absolute Gasteiger partial charge is 0.224 e. The van der Waals surface area contributed by atoms with E-state index in [1.54, 1.807) is 7.11 Å². The molecule has 0 aliphatic heterocycles. The third-order valence-corrected chi connectivity index (χ3v) is 3.60. The molecule has 1 aliphatic rings. The van der Waals surface area contributed by atoms with Crippen LogP contribution in [0.5, 0.6) is 5.75 Å². The summed E-state index contributed by atoms with van der Waals surface area (Å²) in [7, 11) is 1.64.